The second kappa shape index (κ2) is 14.4. The molecule has 3 rings (SSSR count). The monoisotopic (exact) mass is 494 g/mol. The maximum atomic E-state index is 4.38. The fourth-order valence-corrected chi connectivity index (χ4v) is 4.00. The van der Waals surface area contributed by atoms with E-state index in [1.54, 1.807) is 0 Å². The molecular formula is C38H38. The van der Waals surface area contributed by atoms with Gasteiger partial charge in [0.1, 0.15) is 0 Å². The fraction of sp³-hybridized carbons (Fsp3) is 0.105. The van der Waals surface area contributed by atoms with Crippen molar-refractivity contribution in [3.8, 4) is 0 Å². The summed E-state index contributed by atoms with van der Waals surface area (Å²) in [6, 6.07) is 29.2. The summed E-state index contributed by atoms with van der Waals surface area (Å²) >= 11 is 0. The first-order valence-electron chi connectivity index (χ1n) is 13.0. The molecule has 0 aliphatic carbocycles. The summed E-state index contributed by atoms with van der Waals surface area (Å²) in [5, 5.41) is 0. The van der Waals surface area contributed by atoms with Crippen molar-refractivity contribution in [1.29, 1.82) is 0 Å². The van der Waals surface area contributed by atoms with Crippen molar-refractivity contribution in [3.05, 3.63) is 186 Å². The lowest BCUT2D eigenvalue weighted by Crippen LogP contribution is -1.87. The number of benzene rings is 3. The highest BCUT2D eigenvalue weighted by atomic mass is 14.1. The van der Waals surface area contributed by atoms with E-state index >= 15 is 0 Å². The molecule has 0 aliphatic heterocycles. The molecule has 3 aromatic rings. The zero-order chi connectivity index (χ0) is 27.3. The molecule has 38 heavy (non-hydrogen) atoms. The van der Waals surface area contributed by atoms with Crippen molar-refractivity contribution in [2.24, 2.45) is 0 Å². The lowest BCUT2D eigenvalue weighted by Gasteiger charge is -2.08. The van der Waals surface area contributed by atoms with Crippen LogP contribution < -0.4 is 0 Å². The molecule has 0 aromatic heterocycles. The smallest absolute Gasteiger partial charge is 0.00938 e. The van der Waals surface area contributed by atoms with Gasteiger partial charge in [-0.1, -0.05) is 153 Å². The first kappa shape index (κ1) is 28.2. The Labute approximate surface area is 229 Å². The summed E-state index contributed by atoms with van der Waals surface area (Å²) in [4.78, 5) is 0. The van der Waals surface area contributed by atoms with Crippen LogP contribution in [-0.2, 0) is 0 Å². The molecule has 0 N–H and O–H groups in total. The van der Waals surface area contributed by atoms with E-state index in [-0.39, 0.29) is 0 Å². The largest absolute Gasteiger partial charge is 0.0984 e. The Morgan fingerprint density at radius 1 is 0.711 bits per heavy atom. The highest BCUT2D eigenvalue weighted by Crippen LogP contribution is 2.23. The van der Waals surface area contributed by atoms with Gasteiger partial charge in [-0.25, -0.2) is 0 Å². The molecule has 0 spiro atoms. The molecule has 0 fully saturated rings. The Morgan fingerprint density at radius 3 is 1.92 bits per heavy atom. The number of rotatable bonds is 11. The Hall–Kier alpha value is -4.42. The molecule has 0 atom stereocenters. The maximum Gasteiger partial charge on any atom is -0.00938 e. The van der Waals surface area contributed by atoms with E-state index in [1.165, 1.54) is 22.3 Å². The van der Waals surface area contributed by atoms with E-state index < -0.39 is 0 Å². The Morgan fingerprint density at radius 2 is 1.32 bits per heavy atom. The lowest BCUT2D eigenvalue weighted by atomic mass is 9.98. The summed E-state index contributed by atoms with van der Waals surface area (Å²) < 4.78 is 0. The van der Waals surface area contributed by atoms with Gasteiger partial charge in [0.05, 0.1) is 0 Å². The van der Waals surface area contributed by atoms with Crippen molar-refractivity contribution >= 4 is 16.7 Å². The zero-order valence-corrected chi connectivity index (χ0v) is 23.0. The summed E-state index contributed by atoms with van der Waals surface area (Å²) in [5.41, 5.74) is 11.3. The van der Waals surface area contributed by atoms with E-state index in [0.29, 0.717) is 0 Å². The van der Waals surface area contributed by atoms with Gasteiger partial charge in [0.15, 0.2) is 0 Å². The fourth-order valence-electron chi connectivity index (χ4n) is 4.00. The SMILES string of the molecule is C=C/C(=C\C=C(/C)C(=C)/C=C(\C=C(/C)c1ccc(C)cc1)C/C=C\C(=C)c1ccccc1)c1ccccc1. The third-order valence-corrected chi connectivity index (χ3v) is 6.43. The van der Waals surface area contributed by atoms with Gasteiger partial charge in [0, 0.05) is 0 Å². The van der Waals surface area contributed by atoms with Crippen LogP contribution in [-0.4, -0.2) is 0 Å². The highest BCUT2D eigenvalue weighted by Gasteiger charge is 2.02. The van der Waals surface area contributed by atoms with E-state index in [1.807, 2.05) is 42.5 Å². The van der Waals surface area contributed by atoms with E-state index in [4.69, 9.17) is 0 Å². The van der Waals surface area contributed by atoms with Crippen LogP contribution in [0.1, 0.15) is 42.5 Å². The Bertz CT molecular complexity index is 1400. The number of aryl methyl sites for hydroxylation is 1. The summed E-state index contributed by atoms with van der Waals surface area (Å²) in [5.74, 6) is 0. The lowest BCUT2D eigenvalue weighted by molar-refractivity contribution is 1.26. The molecule has 0 heteroatoms. The maximum absolute atomic E-state index is 4.38. The van der Waals surface area contributed by atoms with Gasteiger partial charge in [0.25, 0.3) is 0 Å². The van der Waals surface area contributed by atoms with Crippen LogP contribution in [0.4, 0.5) is 0 Å². The first-order chi connectivity index (χ1) is 18.4. The predicted molar refractivity (Wildman–Crippen MR) is 170 cm³/mol. The van der Waals surface area contributed by atoms with Gasteiger partial charge in [-0.2, -0.15) is 0 Å². The molecule has 0 radical (unpaired) electrons. The topological polar surface area (TPSA) is 0 Å². The highest BCUT2D eigenvalue weighted by molar-refractivity contribution is 5.75. The molecule has 0 amide bonds. The molecule has 0 bridgehead atoms. The number of hydrogen-bond donors (Lipinski definition) is 0. The van der Waals surface area contributed by atoms with Crippen LogP contribution in [0.15, 0.2) is 164 Å². The zero-order valence-electron chi connectivity index (χ0n) is 23.0. The molecule has 0 heterocycles. The number of allylic oxidation sites excluding steroid dienone is 13. The molecule has 0 saturated heterocycles. The molecule has 0 unspecified atom stereocenters. The van der Waals surface area contributed by atoms with E-state index in [9.17, 15) is 0 Å². The quantitative estimate of drug-likeness (QED) is 0.233. The third-order valence-electron chi connectivity index (χ3n) is 6.43. The van der Waals surface area contributed by atoms with Crippen molar-refractivity contribution < 1.29 is 0 Å². The van der Waals surface area contributed by atoms with Gasteiger partial charge in [-0.05, 0) is 77.3 Å². The average molecular weight is 495 g/mol. The molecule has 0 saturated carbocycles. The third kappa shape index (κ3) is 8.61. The second-order valence-electron chi connectivity index (χ2n) is 9.48. The molecular weight excluding hydrogens is 456 g/mol. The summed E-state index contributed by atoms with van der Waals surface area (Å²) in [6.07, 6.45) is 15.6. The van der Waals surface area contributed by atoms with Crippen molar-refractivity contribution in [1.82, 2.24) is 0 Å². The Balaban J connectivity index is 1.87. The van der Waals surface area contributed by atoms with Gasteiger partial charge < -0.3 is 0 Å². The van der Waals surface area contributed by atoms with Crippen LogP contribution in [0.25, 0.3) is 16.7 Å². The summed E-state index contributed by atoms with van der Waals surface area (Å²) in [6.45, 7) is 19.0. The van der Waals surface area contributed by atoms with Crippen LogP contribution in [0, 0.1) is 6.92 Å². The van der Waals surface area contributed by atoms with E-state index in [0.717, 1.165) is 39.8 Å². The Kier molecular flexibility index (Phi) is 10.6. The average Bonchev–Trinajstić information content (AvgIpc) is 2.94. The molecule has 0 aliphatic rings. The van der Waals surface area contributed by atoms with Gasteiger partial charge in [0.2, 0.25) is 0 Å². The normalized spacial score (nSPS) is 13.0. The van der Waals surface area contributed by atoms with Gasteiger partial charge >= 0.3 is 0 Å². The van der Waals surface area contributed by atoms with Crippen LogP contribution >= 0.6 is 0 Å². The minimum Gasteiger partial charge on any atom is -0.0984 e. The minimum atomic E-state index is 0.777. The molecule has 3 aromatic carbocycles. The van der Waals surface area contributed by atoms with Crippen molar-refractivity contribution in [3.63, 3.8) is 0 Å². The number of hydrogen-bond acceptors (Lipinski definition) is 0. The van der Waals surface area contributed by atoms with Gasteiger partial charge in [-0.3, -0.25) is 0 Å². The standard InChI is InChI=1S/C38H38/c1-7-35(38-19-12-9-13-20-38)26-23-30(3)32(5)27-34(28-33(6)37-24-21-29(2)22-25-37)16-14-15-31(4)36-17-10-8-11-18-36/h7-15,17-28H,1,4-5,16H2,2-3,6H3/b15-14-,30-23+,33-28+,34-27-,35-26+. The molecule has 190 valence electrons. The predicted octanol–water partition coefficient (Wildman–Crippen LogP) is 10.8. The van der Waals surface area contributed by atoms with E-state index in [2.05, 4.69) is 125 Å². The minimum absolute atomic E-state index is 0.777. The van der Waals surface area contributed by atoms with Crippen molar-refractivity contribution in [2.75, 3.05) is 0 Å². The van der Waals surface area contributed by atoms with Crippen molar-refractivity contribution in [2.45, 2.75) is 27.2 Å². The van der Waals surface area contributed by atoms with Crippen LogP contribution in [0.3, 0.4) is 0 Å². The molecule has 0 nitrogen and oxygen atoms in total. The summed E-state index contributed by atoms with van der Waals surface area (Å²) in [7, 11) is 0. The van der Waals surface area contributed by atoms with Crippen LogP contribution in [0.5, 0.6) is 0 Å². The van der Waals surface area contributed by atoms with Gasteiger partial charge in [-0.15, -0.1) is 0 Å². The van der Waals surface area contributed by atoms with Crippen LogP contribution in [0.2, 0.25) is 0 Å². The second-order valence-corrected chi connectivity index (χ2v) is 9.48. The first-order valence-corrected chi connectivity index (χ1v) is 13.0.